The number of carbonyl (C=O) groups is 1. The van der Waals surface area contributed by atoms with Crippen molar-refractivity contribution in [2.24, 2.45) is 5.92 Å². The third-order valence-electron chi connectivity index (χ3n) is 3.74. The monoisotopic (exact) mass is 294 g/mol. The number of rotatable bonds is 4. The van der Waals surface area contributed by atoms with E-state index in [1.165, 1.54) is 0 Å². The second kappa shape index (κ2) is 5.44. The second-order valence-corrected chi connectivity index (χ2v) is 5.92. The molecule has 0 aliphatic rings. The summed E-state index contributed by atoms with van der Waals surface area (Å²) in [5, 5.41) is 9.86. The smallest absolute Gasteiger partial charge is 0.306 e. The number of fused-ring (bicyclic) bond motifs is 1. The lowest BCUT2D eigenvalue weighted by molar-refractivity contribution is -0.141. The Hall–Kier alpha value is -1.55. The van der Waals surface area contributed by atoms with Gasteiger partial charge in [-0.25, -0.2) is 4.98 Å². The quantitative estimate of drug-likeness (QED) is 0.924. The molecule has 1 N–H and O–H groups in total. The first-order chi connectivity index (χ1) is 9.32. The molecule has 2 unspecified atom stereocenters. The van der Waals surface area contributed by atoms with Crippen molar-refractivity contribution in [1.82, 2.24) is 9.55 Å². The van der Waals surface area contributed by atoms with Crippen LogP contribution in [0, 0.1) is 5.92 Å². The average Bonchev–Trinajstić information content (AvgIpc) is 2.75. The summed E-state index contributed by atoms with van der Waals surface area (Å²) in [5.74, 6) is -0.661. The highest BCUT2D eigenvalue weighted by Crippen LogP contribution is 2.31. The molecule has 0 saturated heterocycles. The van der Waals surface area contributed by atoms with Crippen LogP contribution in [0.5, 0.6) is 0 Å². The van der Waals surface area contributed by atoms with Crippen LogP contribution in [0.25, 0.3) is 11.0 Å². The zero-order chi connectivity index (χ0) is 15.0. The minimum Gasteiger partial charge on any atom is -0.481 e. The molecular weight excluding hydrogens is 276 g/mol. The van der Waals surface area contributed by atoms with E-state index < -0.39 is 11.9 Å². The van der Waals surface area contributed by atoms with Crippen LogP contribution in [0.4, 0.5) is 0 Å². The van der Waals surface area contributed by atoms with Gasteiger partial charge in [-0.3, -0.25) is 4.79 Å². The SMILES string of the molecule is CC(C(=O)O)C(C)c1nc2ccc(Cl)cc2n1C(C)C. The van der Waals surface area contributed by atoms with E-state index in [2.05, 4.69) is 23.4 Å². The molecule has 4 nitrogen and oxygen atoms in total. The second-order valence-electron chi connectivity index (χ2n) is 5.48. The molecule has 1 aromatic heterocycles. The molecule has 0 aliphatic heterocycles. The number of imidazole rings is 1. The van der Waals surface area contributed by atoms with Gasteiger partial charge in [0.05, 0.1) is 17.0 Å². The Morgan fingerprint density at radius 2 is 1.95 bits per heavy atom. The van der Waals surface area contributed by atoms with Gasteiger partial charge in [-0.1, -0.05) is 25.4 Å². The van der Waals surface area contributed by atoms with Crippen LogP contribution in [0.15, 0.2) is 18.2 Å². The van der Waals surface area contributed by atoms with E-state index in [0.29, 0.717) is 5.02 Å². The van der Waals surface area contributed by atoms with Crippen molar-refractivity contribution in [2.75, 3.05) is 0 Å². The number of carboxylic acid groups (broad SMARTS) is 1. The van der Waals surface area contributed by atoms with Crippen molar-refractivity contribution >= 4 is 28.6 Å². The summed E-state index contributed by atoms with van der Waals surface area (Å²) in [6, 6.07) is 5.75. The maximum Gasteiger partial charge on any atom is 0.306 e. The standard InChI is InChI=1S/C15H19ClN2O2/c1-8(2)18-13-7-11(16)5-6-12(13)17-14(18)9(3)10(4)15(19)20/h5-10H,1-4H3,(H,19,20). The van der Waals surface area contributed by atoms with Gasteiger partial charge < -0.3 is 9.67 Å². The van der Waals surface area contributed by atoms with Crippen LogP contribution in [-0.2, 0) is 4.79 Å². The van der Waals surface area contributed by atoms with Crippen LogP contribution >= 0.6 is 11.6 Å². The van der Waals surface area contributed by atoms with Gasteiger partial charge in [0.25, 0.3) is 0 Å². The normalized spacial score (nSPS) is 14.7. The highest BCUT2D eigenvalue weighted by atomic mass is 35.5. The van der Waals surface area contributed by atoms with Gasteiger partial charge in [-0.15, -0.1) is 0 Å². The molecule has 108 valence electrons. The van der Waals surface area contributed by atoms with Crippen molar-refractivity contribution in [3.8, 4) is 0 Å². The minimum atomic E-state index is -0.808. The van der Waals surface area contributed by atoms with E-state index in [9.17, 15) is 9.90 Å². The summed E-state index contributed by atoms with van der Waals surface area (Å²) >= 11 is 6.06. The van der Waals surface area contributed by atoms with Crippen molar-refractivity contribution in [1.29, 1.82) is 0 Å². The van der Waals surface area contributed by atoms with Crippen LogP contribution in [0.2, 0.25) is 5.02 Å². The lowest BCUT2D eigenvalue weighted by atomic mass is 9.95. The number of nitrogens with zero attached hydrogens (tertiary/aromatic N) is 2. The van der Waals surface area contributed by atoms with Gasteiger partial charge in [0, 0.05) is 17.0 Å². The number of hydrogen-bond donors (Lipinski definition) is 1. The third-order valence-corrected chi connectivity index (χ3v) is 3.98. The molecule has 20 heavy (non-hydrogen) atoms. The van der Waals surface area contributed by atoms with Gasteiger partial charge >= 0.3 is 5.97 Å². The van der Waals surface area contributed by atoms with E-state index in [0.717, 1.165) is 16.9 Å². The van der Waals surface area contributed by atoms with Crippen molar-refractivity contribution in [3.05, 3.63) is 29.0 Å². The fourth-order valence-electron chi connectivity index (χ4n) is 2.39. The highest BCUT2D eigenvalue weighted by molar-refractivity contribution is 6.31. The Labute approximate surface area is 123 Å². The Balaban J connectivity index is 2.63. The maximum absolute atomic E-state index is 11.2. The summed E-state index contributed by atoms with van der Waals surface area (Å²) in [6.45, 7) is 7.73. The molecule has 2 atom stereocenters. The molecule has 5 heteroatoms. The van der Waals surface area contributed by atoms with E-state index in [4.69, 9.17) is 11.6 Å². The summed E-state index contributed by atoms with van der Waals surface area (Å²) in [7, 11) is 0. The first-order valence-electron chi connectivity index (χ1n) is 6.73. The molecule has 2 aromatic rings. The lowest BCUT2D eigenvalue weighted by Crippen LogP contribution is -2.20. The number of aliphatic carboxylic acids is 1. The molecule has 0 fully saturated rings. The topological polar surface area (TPSA) is 55.1 Å². The van der Waals surface area contributed by atoms with Gasteiger partial charge in [-0.05, 0) is 32.0 Å². The van der Waals surface area contributed by atoms with Gasteiger partial charge in [0.2, 0.25) is 0 Å². The van der Waals surface area contributed by atoms with Gasteiger partial charge in [-0.2, -0.15) is 0 Å². The largest absolute Gasteiger partial charge is 0.481 e. The zero-order valence-corrected chi connectivity index (χ0v) is 12.8. The third kappa shape index (κ3) is 2.52. The zero-order valence-electron chi connectivity index (χ0n) is 12.1. The van der Waals surface area contributed by atoms with Crippen molar-refractivity contribution < 1.29 is 9.90 Å². The van der Waals surface area contributed by atoms with E-state index >= 15 is 0 Å². The molecule has 1 heterocycles. The fourth-order valence-corrected chi connectivity index (χ4v) is 2.55. The van der Waals surface area contributed by atoms with Crippen LogP contribution in [0.1, 0.15) is 45.5 Å². The first-order valence-corrected chi connectivity index (χ1v) is 7.11. The number of aromatic nitrogens is 2. The van der Waals surface area contributed by atoms with Crippen molar-refractivity contribution in [2.45, 2.75) is 39.7 Å². The Morgan fingerprint density at radius 3 is 2.50 bits per heavy atom. The minimum absolute atomic E-state index is 0.166. The van der Waals surface area contributed by atoms with Gasteiger partial charge in [0.15, 0.2) is 0 Å². The predicted octanol–water partition coefficient (Wildman–Crippen LogP) is 4.09. The Kier molecular flexibility index (Phi) is 4.04. The Bertz CT molecular complexity index is 649. The number of benzene rings is 1. The van der Waals surface area contributed by atoms with Gasteiger partial charge in [0.1, 0.15) is 5.82 Å². The number of carboxylic acids is 1. The lowest BCUT2D eigenvalue weighted by Gasteiger charge is -2.20. The summed E-state index contributed by atoms with van der Waals surface area (Å²) in [4.78, 5) is 15.8. The molecule has 2 rings (SSSR count). The molecule has 0 amide bonds. The first kappa shape index (κ1) is 14.9. The average molecular weight is 295 g/mol. The van der Waals surface area contributed by atoms with Crippen LogP contribution in [0.3, 0.4) is 0 Å². The van der Waals surface area contributed by atoms with Crippen LogP contribution in [-0.4, -0.2) is 20.6 Å². The molecule has 0 radical (unpaired) electrons. The van der Waals surface area contributed by atoms with E-state index in [1.807, 2.05) is 19.1 Å². The highest BCUT2D eigenvalue weighted by Gasteiger charge is 2.27. The maximum atomic E-state index is 11.2. The summed E-state index contributed by atoms with van der Waals surface area (Å²) in [6.07, 6.45) is 0. The van der Waals surface area contributed by atoms with E-state index in [1.54, 1.807) is 13.0 Å². The number of hydrogen-bond acceptors (Lipinski definition) is 2. The van der Waals surface area contributed by atoms with Crippen LogP contribution < -0.4 is 0 Å². The van der Waals surface area contributed by atoms with E-state index in [-0.39, 0.29) is 12.0 Å². The molecule has 0 spiro atoms. The fraction of sp³-hybridized carbons (Fsp3) is 0.467. The molecular formula is C15H19ClN2O2. The molecule has 0 aliphatic carbocycles. The van der Waals surface area contributed by atoms with Crippen molar-refractivity contribution in [3.63, 3.8) is 0 Å². The summed E-state index contributed by atoms with van der Waals surface area (Å²) < 4.78 is 2.07. The Morgan fingerprint density at radius 1 is 1.30 bits per heavy atom. The summed E-state index contributed by atoms with van der Waals surface area (Å²) in [5.41, 5.74) is 1.80. The predicted molar refractivity (Wildman–Crippen MR) is 80.3 cm³/mol. The molecule has 0 saturated carbocycles. The molecule has 1 aromatic carbocycles. The molecule has 0 bridgehead atoms. The number of halogens is 1.